The Bertz CT molecular complexity index is 408. The summed E-state index contributed by atoms with van der Waals surface area (Å²) in [4.78, 5) is 14.0. The molecule has 0 bridgehead atoms. The molecule has 2 fully saturated rings. The fourth-order valence-corrected chi connectivity index (χ4v) is 4.81. The van der Waals surface area contributed by atoms with Crippen LogP contribution in [0.25, 0.3) is 0 Å². The molecule has 6 heteroatoms. The van der Waals surface area contributed by atoms with E-state index in [2.05, 4.69) is 0 Å². The van der Waals surface area contributed by atoms with Crippen molar-refractivity contribution < 1.29 is 13.2 Å². The lowest BCUT2D eigenvalue weighted by Crippen LogP contribution is -2.44. The number of sulfone groups is 1. The quantitative estimate of drug-likeness (QED) is 0.794. The fourth-order valence-electron chi connectivity index (χ4n) is 2.94. The maximum atomic E-state index is 12.3. The molecular formula is C12H22N2O3S. The Morgan fingerprint density at radius 2 is 2.06 bits per heavy atom. The van der Waals surface area contributed by atoms with Crippen molar-refractivity contribution in [1.29, 1.82) is 0 Å². The van der Waals surface area contributed by atoms with Crippen LogP contribution >= 0.6 is 0 Å². The van der Waals surface area contributed by atoms with Crippen LogP contribution in [0.3, 0.4) is 0 Å². The number of hydrogen-bond donors (Lipinski definition) is 1. The minimum atomic E-state index is -3.21. The van der Waals surface area contributed by atoms with Crippen LogP contribution in [0.5, 0.6) is 0 Å². The molecule has 18 heavy (non-hydrogen) atoms. The van der Waals surface area contributed by atoms with Crippen molar-refractivity contribution in [1.82, 2.24) is 4.90 Å². The molecule has 2 N–H and O–H groups in total. The Morgan fingerprint density at radius 1 is 1.28 bits per heavy atom. The van der Waals surface area contributed by atoms with E-state index in [4.69, 9.17) is 5.73 Å². The maximum Gasteiger partial charge on any atom is 0.240 e. The van der Waals surface area contributed by atoms with Crippen LogP contribution in [-0.2, 0) is 14.6 Å². The van der Waals surface area contributed by atoms with E-state index >= 15 is 0 Å². The Labute approximate surface area is 109 Å². The Morgan fingerprint density at radius 3 is 2.72 bits per heavy atom. The molecule has 0 saturated carbocycles. The van der Waals surface area contributed by atoms with Gasteiger partial charge in [-0.25, -0.2) is 8.42 Å². The Hall–Kier alpha value is -0.620. The van der Waals surface area contributed by atoms with Gasteiger partial charge in [-0.3, -0.25) is 4.79 Å². The predicted molar refractivity (Wildman–Crippen MR) is 69.8 cm³/mol. The summed E-state index contributed by atoms with van der Waals surface area (Å²) in [6.45, 7) is 2.01. The fraction of sp³-hybridized carbons (Fsp3) is 0.917. The highest BCUT2D eigenvalue weighted by molar-refractivity contribution is 7.92. The largest absolute Gasteiger partial charge is 0.341 e. The van der Waals surface area contributed by atoms with Gasteiger partial charge in [0.1, 0.15) is 5.25 Å². The molecular weight excluding hydrogens is 252 g/mol. The van der Waals surface area contributed by atoms with Crippen LogP contribution in [0.15, 0.2) is 0 Å². The number of hydrogen-bond acceptors (Lipinski definition) is 4. The zero-order chi connectivity index (χ0) is 13.2. The van der Waals surface area contributed by atoms with Crippen LogP contribution in [0, 0.1) is 5.92 Å². The average molecular weight is 274 g/mol. The number of nitrogens with zero attached hydrogens (tertiary/aromatic N) is 1. The SMILES string of the molecule is NCCC1CCN(C(=O)C2CCCCS2(=O)=O)C1. The van der Waals surface area contributed by atoms with Crippen LogP contribution < -0.4 is 5.73 Å². The van der Waals surface area contributed by atoms with E-state index in [9.17, 15) is 13.2 Å². The number of carbonyl (C=O) groups excluding carboxylic acids is 1. The second kappa shape index (κ2) is 5.57. The molecule has 2 saturated heterocycles. The van der Waals surface area contributed by atoms with Gasteiger partial charge in [0.2, 0.25) is 5.91 Å². The highest BCUT2D eigenvalue weighted by Gasteiger charge is 2.39. The first-order valence-corrected chi connectivity index (χ1v) is 8.46. The van der Waals surface area contributed by atoms with Crippen molar-refractivity contribution in [2.75, 3.05) is 25.4 Å². The average Bonchev–Trinajstić information content (AvgIpc) is 2.77. The highest BCUT2D eigenvalue weighted by Crippen LogP contribution is 2.25. The molecule has 2 unspecified atom stereocenters. The Balaban J connectivity index is 1.99. The smallest absolute Gasteiger partial charge is 0.240 e. The van der Waals surface area contributed by atoms with E-state index in [1.807, 2.05) is 0 Å². The van der Waals surface area contributed by atoms with E-state index in [-0.39, 0.29) is 11.7 Å². The molecule has 2 heterocycles. The van der Waals surface area contributed by atoms with Gasteiger partial charge in [-0.2, -0.15) is 0 Å². The number of nitrogens with two attached hydrogens (primary N) is 1. The van der Waals surface area contributed by atoms with Crippen LogP contribution in [0.1, 0.15) is 32.1 Å². The molecule has 104 valence electrons. The Kier molecular flexibility index (Phi) is 4.27. The third-order valence-electron chi connectivity index (χ3n) is 4.03. The normalized spacial score (nSPS) is 31.5. The minimum absolute atomic E-state index is 0.170. The highest BCUT2D eigenvalue weighted by atomic mass is 32.2. The summed E-state index contributed by atoms with van der Waals surface area (Å²) in [6, 6.07) is 0. The molecule has 0 aromatic rings. The van der Waals surface area contributed by atoms with E-state index < -0.39 is 15.1 Å². The van der Waals surface area contributed by atoms with E-state index in [1.54, 1.807) is 4.90 Å². The summed E-state index contributed by atoms with van der Waals surface area (Å²) in [6.07, 6.45) is 3.91. The van der Waals surface area contributed by atoms with Gasteiger partial charge in [0.25, 0.3) is 0 Å². The molecule has 2 aliphatic heterocycles. The van der Waals surface area contributed by atoms with Gasteiger partial charge < -0.3 is 10.6 Å². The lowest BCUT2D eigenvalue weighted by molar-refractivity contribution is -0.130. The summed E-state index contributed by atoms with van der Waals surface area (Å²) in [5, 5.41) is -0.775. The van der Waals surface area contributed by atoms with Crippen LogP contribution in [0.4, 0.5) is 0 Å². The summed E-state index contributed by atoms with van der Waals surface area (Å²) in [5.41, 5.74) is 5.52. The van der Waals surface area contributed by atoms with Gasteiger partial charge in [0, 0.05) is 13.1 Å². The molecule has 2 rings (SSSR count). The van der Waals surface area contributed by atoms with Crippen molar-refractivity contribution in [2.45, 2.75) is 37.4 Å². The van der Waals surface area contributed by atoms with Crippen molar-refractivity contribution in [3.05, 3.63) is 0 Å². The lowest BCUT2D eigenvalue weighted by Gasteiger charge is -2.26. The molecule has 1 amide bonds. The zero-order valence-electron chi connectivity index (χ0n) is 10.7. The minimum Gasteiger partial charge on any atom is -0.341 e. The summed E-state index contributed by atoms with van der Waals surface area (Å²) in [7, 11) is -3.21. The second-order valence-electron chi connectivity index (χ2n) is 5.37. The molecule has 0 aliphatic carbocycles. The van der Waals surface area contributed by atoms with Crippen molar-refractivity contribution >= 4 is 15.7 Å². The van der Waals surface area contributed by atoms with Gasteiger partial charge in [-0.15, -0.1) is 0 Å². The van der Waals surface area contributed by atoms with E-state index in [1.165, 1.54) is 0 Å². The van der Waals surface area contributed by atoms with Gasteiger partial charge in [0.05, 0.1) is 5.75 Å². The van der Waals surface area contributed by atoms with Crippen LogP contribution in [0.2, 0.25) is 0 Å². The monoisotopic (exact) mass is 274 g/mol. The summed E-state index contributed by atoms with van der Waals surface area (Å²) in [5.74, 6) is 0.447. The topological polar surface area (TPSA) is 80.5 Å². The van der Waals surface area contributed by atoms with Gasteiger partial charge in [-0.05, 0) is 38.1 Å². The molecule has 0 spiro atoms. The first-order chi connectivity index (χ1) is 8.54. The number of carbonyl (C=O) groups is 1. The molecule has 2 aliphatic rings. The molecule has 0 aromatic carbocycles. The van der Waals surface area contributed by atoms with Crippen LogP contribution in [-0.4, -0.2) is 49.9 Å². The molecule has 5 nitrogen and oxygen atoms in total. The van der Waals surface area contributed by atoms with E-state index in [0.29, 0.717) is 38.4 Å². The summed E-state index contributed by atoms with van der Waals surface area (Å²) < 4.78 is 23.8. The first-order valence-electron chi connectivity index (χ1n) is 6.75. The lowest BCUT2D eigenvalue weighted by atomic mass is 10.1. The van der Waals surface area contributed by atoms with Crippen molar-refractivity contribution in [3.63, 3.8) is 0 Å². The standard InChI is InChI=1S/C12H22N2O3S/c13-6-4-10-5-7-14(9-10)12(15)11-3-1-2-8-18(11,16)17/h10-11H,1-9,13H2. The maximum absolute atomic E-state index is 12.3. The van der Waals surface area contributed by atoms with Crippen molar-refractivity contribution in [3.8, 4) is 0 Å². The molecule has 2 atom stereocenters. The third kappa shape index (κ3) is 2.85. The van der Waals surface area contributed by atoms with Gasteiger partial charge in [-0.1, -0.05) is 6.42 Å². The van der Waals surface area contributed by atoms with Gasteiger partial charge in [0.15, 0.2) is 9.84 Å². The third-order valence-corrected chi connectivity index (χ3v) is 6.19. The van der Waals surface area contributed by atoms with E-state index in [0.717, 1.165) is 19.3 Å². The first kappa shape index (κ1) is 13.8. The zero-order valence-corrected chi connectivity index (χ0v) is 11.5. The number of likely N-dealkylation sites (tertiary alicyclic amines) is 1. The number of rotatable bonds is 3. The molecule has 0 radical (unpaired) electrons. The second-order valence-corrected chi connectivity index (χ2v) is 7.67. The summed E-state index contributed by atoms with van der Waals surface area (Å²) >= 11 is 0. The molecule has 0 aromatic heterocycles. The number of amides is 1. The van der Waals surface area contributed by atoms with Gasteiger partial charge >= 0.3 is 0 Å². The predicted octanol–water partition coefficient (Wildman–Crippen LogP) is 0.151. The van der Waals surface area contributed by atoms with Crippen molar-refractivity contribution in [2.24, 2.45) is 11.7 Å².